The van der Waals surface area contributed by atoms with E-state index >= 15 is 0 Å². The van der Waals surface area contributed by atoms with Gasteiger partial charge in [0.15, 0.2) is 0 Å². The van der Waals surface area contributed by atoms with Gasteiger partial charge < -0.3 is 9.97 Å². The number of aromatic amines is 2. The molecule has 7 aromatic heterocycles. The molecule has 2 aliphatic heterocycles. The summed E-state index contributed by atoms with van der Waals surface area (Å²) in [5, 5.41) is 3.15. The lowest BCUT2D eigenvalue weighted by atomic mass is 10.0. The smallest absolute Gasteiger partial charge is 0.0738 e. The summed E-state index contributed by atoms with van der Waals surface area (Å²) in [5.41, 5.74) is 17.2. The molecule has 9 heterocycles. The molecule has 0 fully saturated rings. The fourth-order valence-electron chi connectivity index (χ4n) is 8.55. The predicted octanol–water partition coefficient (Wildman–Crippen LogP) is 12.4. The second kappa shape index (κ2) is 13.6. The summed E-state index contributed by atoms with van der Waals surface area (Å²) in [5.74, 6) is 0. The van der Waals surface area contributed by atoms with Gasteiger partial charge in [-0.15, -0.1) is 0 Å². The number of rotatable bonds is 4. The van der Waals surface area contributed by atoms with Crippen molar-refractivity contribution in [1.29, 1.82) is 0 Å². The molecule has 0 radical (unpaired) electrons. The van der Waals surface area contributed by atoms with E-state index in [2.05, 4.69) is 106 Å². The maximum Gasteiger partial charge on any atom is 0.0738 e. The van der Waals surface area contributed by atoms with Crippen molar-refractivity contribution in [3.8, 4) is 44.5 Å². The van der Waals surface area contributed by atoms with Crippen LogP contribution in [0, 0.1) is 0 Å². The van der Waals surface area contributed by atoms with Crippen LogP contribution in [0.3, 0.4) is 0 Å². The molecule has 2 N–H and O–H groups in total. The molecule has 8 nitrogen and oxygen atoms in total. The van der Waals surface area contributed by atoms with E-state index in [9.17, 15) is 0 Å². The van der Waals surface area contributed by atoms with Crippen molar-refractivity contribution in [1.82, 2.24) is 39.9 Å². The van der Waals surface area contributed by atoms with E-state index in [0.29, 0.717) is 0 Å². The molecule has 10 aromatic rings. The van der Waals surface area contributed by atoms with Crippen LogP contribution in [0.1, 0.15) is 22.8 Å². The summed E-state index contributed by atoms with van der Waals surface area (Å²) in [6.07, 6.45) is 17.8. The van der Waals surface area contributed by atoms with Crippen LogP contribution in [0.25, 0.3) is 124 Å². The van der Waals surface area contributed by atoms with Crippen molar-refractivity contribution in [2.45, 2.75) is 0 Å². The topological polar surface area (TPSA) is 109 Å². The quantitative estimate of drug-likeness (QED) is 0.184. The molecular weight excluding hydrogens is 737 g/mol. The summed E-state index contributed by atoms with van der Waals surface area (Å²) in [7, 11) is 0. The first kappa shape index (κ1) is 33.7. The highest BCUT2D eigenvalue weighted by atomic mass is 14.8. The minimum absolute atomic E-state index is 0.790. The number of pyridine rings is 4. The maximum atomic E-state index is 5.41. The first-order chi connectivity index (χ1) is 29.7. The molecule has 0 spiro atoms. The van der Waals surface area contributed by atoms with Gasteiger partial charge in [0.25, 0.3) is 0 Å². The number of hydrogen-bond acceptors (Lipinski definition) is 6. The Morgan fingerprint density at radius 2 is 0.733 bits per heavy atom. The van der Waals surface area contributed by atoms with Crippen LogP contribution in [0.2, 0.25) is 0 Å². The molecule has 0 saturated carbocycles. The van der Waals surface area contributed by atoms with Crippen LogP contribution in [-0.4, -0.2) is 39.9 Å². The van der Waals surface area contributed by atoms with Crippen LogP contribution in [0.5, 0.6) is 0 Å². The molecule has 0 unspecified atom stereocenters. The van der Waals surface area contributed by atoms with Crippen LogP contribution < -0.4 is 0 Å². The fraction of sp³-hybridized carbons (Fsp3) is 0. The van der Waals surface area contributed by atoms with Gasteiger partial charge in [0.05, 0.1) is 39.3 Å². The highest BCUT2D eigenvalue weighted by Crippen LogP contribution is 2.39. The number of nitrogens with zero attached hydrogens (tertiary/aromatic N) is 6. The zero-order valence-corrected chi connectivity index (χ0v) is 32.0. The van der Waals surface area contributed by atoms with Gasteiger partial charge in [-0.25, -0.2) is 9.97 Å². The summed E-state index contributed by atoms with van der Waals surface area (Å²) in [4.78, 5) is 37.8. The Morgan fingerprint density at radius 3 is 1.17 bits per heavy atom. The summed E-state index contributed by atoms with van der Waals surface area (Å²) >= 11 is 0. The van der Waals surface area contributed by atoms with Crippen LogP contribution >= 0.6 is 0 Å². The second-order valence-corrected chi connectivity index (χ2v) is 15.0. The molecule has 2 aliphatic rings. The van der Waals surface area contributed by atoms with E-state index in [4.69, 9.17) is 24.9 Å². The highest BCUT2D eigenvalue weighted by Gasteiger charge is 2.20. The molecule has 12 rings (SSSR count). The van der Waals surface area contributed by atoms with E-state index in [-0.39, 0.29) is 0 Å². The first-order valence-electron chi connectivity index (χ1n) is 19.8. The van der Waals surface area contributed by atoms with Gasteiger partial charge in [-0.05, 0) is 91.0 Å². The Hall–Kier alpha value is -8.36. The lowest BCUT2D eigenvalue weighted by Crippen LogP contribution is -1.92. The molecule has 60 heavy (non-hydrogen) atoms. The zero-order valence-electron chi connectivity index (χ0n) is 32.0. The van der Waals surface area contributed by atoms with Crippen LogP contribution in [-0.2, 0) is 0 Å². The molecule has 0 amide bonds. The van der Waals surface area contributed by atoms with Gasteiger partial charge in [0.1, 0.15) is 0 Å². The van der Waals surface area contributed by atoms with Gasteiger partial charge in [-0.1, -0.05) is 60.7 Å². The van der Waals surface area contributed by atoms with Crippen molar-refractivity contribution < 1.29 is 0 Å². The molecule has 0 atom stereocenters. The summed E-state index contributed by atoms with van der Waals surface area (Å²) in [6, 6.07) is 43.8. The minimum Gasteiger partial charge on any atom is -0.354 e. The molecule has 8 bridgehead atoms. The maximum absolute atomic E-state index is 5.41. The minimum atomic E-state index is 0.790. The van der Waals surface area contributed by atoms with Crippen molar-refractivity contribution in [2.24, 2.45) is 0 Å². The van der Waals surface area contributed by atoms with Crippen molar-refractivity contribution in [2.75, 3.05) is 0 Å². The first-order valence-corrected chi connectivity index (χ1v) is 19.8. The third-order valence-corrected chi connectivity index (χ3v) is 11.3. The third kappa shape index (κ3) is 5.69. The van der Waals surface area contributed by atoms with E-state index < -0.39 is 0 Å². The number of nitrogens with one attached hydrogen (secondary N) is 2. The highest BCUT2D eigenvalue weighted by molar-refractivity contribution is 6.02. The fourth-order valence-corrected chi connectivity index (χ4v) is 8.55. The Kier molecular flexibility index (Phi) is 7.67. The van der Waals surface area contributed by atoms with Gasteiger partial charge in [-0.3, -0.25) is 19.9 Å². The number of benzene rings is 3. The zero-order chi connectivity index (χ0) is 39.6. The van der Waals surface area contributed by atoms with Gasteiger partial charge in [0, 0.05) is 114 Å². The number of aromatic nitrogens is 8. The summed E-state index contributed by atoms with van der Waals surface area (Å²) < 4.78 is 0. The monoisotopic (exact) mass is 768 g/mol. The standard InChI is InChI=1S/C52H32N8/c1-4-12-38-31(8-1)24-35(28-54-38)50-43-17-15-41(57-43)49(34-11-7-23-53-27-34)42-16-18-44(58-42)51(36-25-32-9-2-5-13-39(32)55-29-36)46-20-22-48(60-46)52(47-21-19-45(50)59-47)37-26-33-10-3-6-14-40(33)56-30-37/h1-30,59-60H. The van der Waals surface area contributed by atoms with E-state index in [0.717, 1.165) is 122 Å². The number of hydrogen-bond donors (Lipinski definition) is 2. The lowest BCUT2D eigenvalue weighted by Gasteiger charge is -2.08. The molecule has 3 aromatic carbocycles. The lowest BCUT2D eigenvalue weighted by molar-refractivity contribution is 1.26. The number of H-pyrrole nitrogens is 2. The summed E-state index contributed by atoms with van der Waals surface area (Å²) in [6.45, 7) is 0. The predicted molar refractivity (Wildman–Crippen MR) is 244 cm³/mol. The molecule has 0 aliphatic carbocycles. The van der Waals surface area contributed by atoms with Crippen LogP contribution in [0.4, 0.5) is 0 Å². The average molecular weight is 769 g/mol. The Balaban J connectivity index is 1.24. The number of para-hydroxylation sites is 3. The normalized spacial score (nSPS) is 12.2. The van der Waals surface area contributed by atoms with Crippen molar-refractivity contribution in [3.05, 3.63) is 181 Å². The number of fused-ring (bicyclic) bond motifs is 11. The van der Waals surface area contributed by atoms with Gasteiger partial charge in [0.2, 0.25) is 0 Å². The van der Waals surface area contributed by atoms with Gasteiger partial charge in [-0.2, -0.15) is 0 Å². The largest absolute Gasteiger partial charge is 0.354 e. The Bertz CT molecular complexity index is 3440. The van der Waals surface area contributed by atoms with E-state index in [1.165, 1.54) is 0 Å². The van der Waals surface area contributed by atoms with Gasteiger partial charge >= 0.3 is 0 Å². The van der Waals surface area contributed by atoms with E-state index in [1.54, 1.807) is 6.20 Å². The third-order valence-electron chi connectivity index (χ3n) is 11.3. The molecule has 8 heteroatoms. The Labute approximate surface area is 343 Å². The van der Waals surface area contributed by atoms with E-state index in [1.807, 2.05) is 85.5 Å². The molecule has 0 saturated heterocycles. The van der Waals surface area contributed by atoms with Crippen LogP contribution in [0.15, 0.2) is 158 Å². The van der Waals surface area contributed by atoms with Crippen molar-refractivity contribution >= 4 is 79.1 Å². The average Bonchev–Trinajstić information content (AvgIpc) is 4.15. The second-order valence-electron chi connectivity index (χ2n) is 15.0. The SMILES string of the molecule is C1=Cc2nc1c(-c1cccnc1)c1nc(c(-c3cnc4ccccc4c3)c3ccc([nH]3)c(-c3cnc4ccccc4c3)c3ccc([nH]3)c2-c2cnc3ccccc3c2)C=C1. The van der Waals surface area contributed by atoms with Crippen molar-refractivity contribution in [3.63, 3.8) is 0 Å². The Morgan fingerprint density at radius 1 is 0.333 bits per heavy atom. The molecule has 280 valence electrons. The molecular formula is C52H32N8.